The molecule has 0 bridgehead atoms. The van der Waals surface area contributed by atoms with E-state index in [1.165, 1.54) is 24.3 Å². The molecule has 0 unspecified atom stereocenters. The van der Waals surface area contributed by atoms with Gasteiger partial charge in [0.05, 0.1) is 12.3 Å². The number of alkyl halides is 3. The smallest absolute Gasteiger partial charge is 0.371 e. The summed E-state index contributed by atoms with van der Waals surface area (Å²) in [6.07, 6.45) is -2.95. The lowest BCUT2D eigenvalue weighted by molar-refractivity contribution is -0.234. The van der Waals surface area contributed by atoms with E-state index in [1.807, 2.05) is 60.7 Å². The lowest BCUT2D eigenvalue weighted by Crippen LogP contribution is -2.49. The van der Waals surface area contributed by atoms with Crippen LogP contribution < -0.4 is 0 Å². The van der Waals surface area contributed by atoms with E-state index in [0.29, 0.717) is 19.2 Å². The van der Waals surface area contributed by atoms with Gasteiger partial charge in [-0.1, -0.05) is 91.0 Å². The molecule has 0 aromatic heterocycles. The van der Waals surface area contributed by atoms with Crippen molar-refractivity contribution in [3.05, 3.63) is 108 Å². The Morgan fingerprint density at radius 2 is 1.32 bits per heavy atom. The Morgan fingerprint density at radius 3 is 1.76 bits per heavy atom. The van der Waals surface area contributed by atoms with Crippen LogP contribution in [0.5, 0.6) is 0 Å². The molecule has 4 rings (SSSR count). The lowest BCUT2D eigenvalue weighted by atomic mass is 9.79. The predicted molar refractivity (Wildman–Crippen MR) is 125 cm³/mol. The number of methoxy groups -OCH3 is 1. The highest BCUT2D eigenvalue weighted by Crippen LogP contribution is 2.44. The van der Waals surface area contributed by atoms with Gasteiger partial charge in [-0.3, -0.25) is 5.01 Å². The molecule has 0 amide bonds. The molecule has 0 spiro atoms. The van der Waals surface area contributed by atoms with Gasteiger partial charge in [-0.25, -0.2) is 0 Å². The third-order valence-electron chi connectivity index (χ3n) is 6.46. The zero-order valence-electron chi connectivity index (χ0n) is 18.8. The average Bonchev–Trinajstić information content (AvgIpc) is 3.34. The number of nitrogens with zero attached hydrogens (tertiary/aromatic N) is 2. The van der Waals surface area contributed by atoms with Gasteiger partial charge in [-0.05, 0) is 29.5 Å². The molecule has 0 aliphatic carbocycles. The Hall–Kier alpha value is -3.16. The van der Waals surface area contributed by atoms with Crippen molar-refractivity contribution in [3.8, 4) is 0 Å². The fraction of sp³-hybridized carbons (Fsp3) is 0.296. The van der Waals surface area contributed by atoms with E-state index < -0.39 is 17.4 Å². The van der Waals surface area contributed by atoms with Crippen molar-refractivity contribution in [2.75, 3.05) is 13.7 Å². The van der Waals surface area contributed by atoms with Crippen molar-refractivity contribution in [1.29, 1.82) is 0 Å². The number of aliphatic hydroxyl groups is 1. The Balaban J connectivity index is 1.78. The Bertz CT molecular complexity index is 1050. The van der Waals surface area contributed by atoms with E-state index in [1.54, 1.807) is 18.2 Å². The molecule has 1 fully saturated rings. The number of halogens is 3. The fourth-order valence-corrected chi connectivity index (χ4v) is 4.76. The number of hydrazone groups is 1. The molecule has 34 heavy (non-hydrogen) atoms. The van der Waals surface area contributed by atoms with Crippen molar-refractivity contribution in [3.63, 3.8) is 0 Å². The van der Waals surface area contributed by atoms with E-state index >= 15 is 0 Å². The highest BCUT2D eigenvalue weighted by atomic mass is 19.4. The number of hydrogen-bond donors (Lipinski definition) is 1. The normalized spacial score (nSPS) is 18.9. The van der Waals surface area contributed by atoms with Crippen LogP contribution in [-0.4, -0.2) is 42.2 Å². The second-order valence-corrected chi connectivity index (χ2v) is 8.37. The molecular formula is C27H27F3N2O2. The van der Waals surface area contributed by atoms with Crippen LogP contribution in [0.15, 0.2) is 96.1 Å². The molecule has 2 atom stereocenters. The lowest BCUT2D eigenvalue weighted by Gasteiger charge is -2.42. The Kier molecular flexibility index (Phi) is 6.77. The second-order valence-electron chi connectivity index (χ2n) is 8.37. The largest absolute Gasteiger partial charge is 0.426 e. The summed E-state index contributed by atoms with van der Waals surface area (Å²) in [4.78, 5) is 0. The fourth-order valence-electron chi connectivity index (χ4n) is 4.76. The van der Waals surface area contributed by atoms with E-state index in [9.17, 15) is 18.3 Å². The average molecular weight is 469 g/mol. The van der Waals surface area contributed by atoms with Gasteiger partial charge in [-0.15, -0.1) is 0 Å². The molecule has 1 saturated heterocycles. The number of rotatable bonds is 7. The van der Waals surface area contributed by atoms with Crippen LogP contribution in [0.4, 0.5) is 13.2 Å². The van der Waals surface area contributed by atoms with Crippen LogP contribution >= 0.6 is 0 Å². The van der Waals surface area contributed by atoms with Crippen molar-refractivity contribution < 1.29 is 23.0 Å². The van der Waals surface area contributed by atoms with Gasteiger partial charge in [0, 0.05) is 13.7 Å². The van der Waals surface area contributed by atoms with Gasteiger partial charge in [0.15, 0.2) is 0 Å². The minimum Gasteiger partial charge on any atom is -0.371 e. The summed E-state index contributed by atoms with van der Waals surface area (Å²) in [6.45, 7) is 0.439. The van der Waals surface area contributed by atoms with E-state index in [4.69, 9.17) is 4.74 Å². The molecule has 1 aliphatic heterocycles. The van der Waals surface area contributed by atoms with Crippen molar-refractivity contribution in [1.82, 2.24) is 5.01 Å². The molecular weight excluding hydrogens is 441 g/mol. The Labute approximate surface area is 197 Å². The molecule has 7 heteroatoms. The van der Waals surface area contributed by atoms with E-state index in [-0.39, 0.29) is 11.6 Å². The Morgan fingerprint density at radius 1 is 0.853 bits per heavy atom. The summed E-state index contributed by atoms with van der Waals surface area (Å²) < 4.78 is 48.2. The van der Waals surface area contributed by atoms with Crippen molar-refractivity contribution >= 4 is 6.21 Å². The second kappa shape index (κ2) is 9.60. The van der Waals surface area contributed by atoms with Gasteiger partial charge in [0.2, 0.25) is 5.60 Å². The third-order valence-corrected chi connectivity index (χ3v) is 6.46. The van der Waals surface area contributed by atoms with Gasteiger partial charge in [0.25, 0.3) is 0 Å². The first-order chi connectivity index (χ1) is 16.3. The summed E-state index contributed by atoms with van der Waals surface area (Å²) in [5, 5.41) is 16.6. The van der Waals surface area contributed by atoms with Crippen LogP contribution in [0.1, 0.15) is 29.5 Å². The number of benzene rings is 3. The molecule has 1 heterocycles. The molecule has 0 saturated carbocycles. The molecule has 3 aromatic rings. The van der Waals surface area contributed by atoms with Crippen LogP contribution in [-0.2, 0) is 15.9 Å². The van der Waals surface area contributed by atoms with Gasteiger partial charge >= 0.3 is 6.18 Å². The number of hydrogen-bond acceptors (Lipinski definition) is 4. The van der Waals surface area contributed by atoms with E-state index in [0.717, 1.165) is 17.5 Å². The molecule has 178 valence electrons. The minimum atomic E-state index is -4.94. The van der Waals surface area contributed by atoms with Crippen LogP contribution in [0.25, 0.3) is 0 Å². The summed E-state index contributed by atoms with van der Waals surface area (Å²) in [6, 6.07) is 25.9. The van der Waals surface area contributed by atoms with E-state index in [2.05, 4.69) is 5.10 Å². The topological polar surface area (TPSA) is 45.1 Å². The van der Waals surface area contributed by atoms with Crippen molar-refractivity contribution in [2.24, 2.45) is 5.10 Å². The quantitative estimate of drug-likeness (QED) is 0.468. The summed E-state index contributed by atoms with van der Waals surface area (Å²) in [5.41, 5.74) is -2.70. The number of ether oxygens (including phenoxy) is 1. The molecule has 1 aliphatic rings. The highest BCUT2D eigenvalue weighted by Gasteiger charge is 2.55. The van der Waals surface area contributed by atoms with Crippen LogP contribution in [0, 0.1) is 0 Å². The first kappa shape index (κ1) is 24.0. The first-order valence-corrected chi connectivity index (χ1v) is 11.2. The predicted octanol–water partition coefficient (Wildman–Crippen LogP) is 5.48. The van der Waals surface area contributed by atoms with Gasteiger partial charge < -0.3 is 9.84 Å². The molecule has 3 aromatic carbocycles. The summed E-state index contributed by atoms with van der Waals surface area (Å²) in [7, 11) is 1.61. The minimum absolute atomic E-state index is 0.286. The third kappa shape index (κ3) is 4.21. The maximum absolute atomic E-state index is 14.0. The maximum atomic E-state index is 14.0. The summed E-state index contributed by atoms with van der Waals surface area (Å²) in [5.74, 6) is 0. The monoisotopic (exact) mass is 468 g/mol. The highest BCUT2D eigenvalue weighted by molar-refractivity contribution is 5.72. The SMILES string of the molecule is COC(c1ccccc1)(c1ccccc1)[C@@H]1CCCN1/N=C/[C@](O)(c1ccccc1)C(F)(F)F. The van der Waals surface area contributed by atoms with Gasteiger partial charge in [0.1, 0.15) is 5.60 Å². The van der Waals surface area contributed by atoms with Crippen molar-refractivity contribution in [2.45, 2.75) is 36.3 Å². The van der Waals surface area contributed by atoms with Gasteiger partial charge in [-0.2, -0.15) is 18.3 Å². The zero-order valence-corrected chi connectivity index (χ0v) is 18.8. The molecule has 0 radical (unpaired) electrons. The first-order valence-electron chi connectivity index (χ1n) is 11.2. The zero-order chi connectivity index (χ0) is 24.2. The summed E-state index contributed by atoms with van der Waals surface area (Å²) >= 11 is 0. The standard InChI is InChI=1S/C27H27F3N2O2/c1-34-26(22-14-7-3-8-15-22,23-16-9-4-10-17-23)24-18-11-19-32(24)31-20-25(33,27(28,29)30)21-12-5-2-6-13-21/h2-10,12-17,20,24,33H,11,18-19H2,1H3/b31-20+/t24-,25-/m0/s1. The van der Waals surface area contributed by atoms with Crippen LogP contribution in [0.2, 0.25) is 0 Å². The molecule has 1 N–H and O–H groups in total. The molecule has 4 nitrogen and oxygen atoms in total. The van der Waals surface area contributed by atoms with Crippen LogP contribution in [0.3, 0.4) is 0 Å². The maximum Gasteiger partial charge on any atom is 0.426 e.